The Kier molecular flexibility index (Phi) is 3.67. The lowest BCUT2D eigenvalue weighted by atomic mass is 9.83. The van der Waals surface area contributed by atoms with E-state index in [1.54, 1.807) is 0 Å². The summed E-state index contributed by atoms with van der Waals surface area (Å²) in [5.74, 6) is 0.580. The first-order valence-electron chi connectivity index (χ1n) is 6.74. The first-order valence-corrected chi connectivity index (χ1v) is 6.74. The highest BCUT2D eigenvalue weighted by Gasteiger charge is 2.39. The SMILES string of the molecule is C=C1CC[C@@H](C(C)(C)O)CC2=C(C)[C@@H](OO)C[C@@H]12. The van der Waals surface area contributed by atoms with Gasteiger partial charge in [-0.1, -0.05) is 17.7 Å². The minimum atomic E-state index is -0.666. The summed E-state index contributed by atoms with van der Waals surface area (Å²) in [7, 11) is 0. The van der Waals surface area contributed by atoms with Crippen molar-refractivity contribution in [3.05, 3.63) is 23.3 Å². The van der Waals surface area contributed by atoms with E-state index in [-0.39, 0.29) is 12.0 Å². The smallest absolute Gasteiger partial charge is 0.115 e. The second-order valence-electron chi connectivity index (χ2n) is 6.34. The molecule has 0 radical (unpaired) electrons. The molecule has 0 spiro atoms. The molecule has 0 heterocycles. The average molecular weight is 252 g/mol. The first-order chi connectivity index (χ1) is 8.34. The van der Waals surface area contributed by atoms with Crippen LogP contribution >= 0.6 is 0 Å². The van der Waals surface area contributed by atoms with E-state index in [0.29, 0.717) is 5.92 Å². The Morgan fingerprint density at radius 3 is 2.61 bits per heavy atom. The van der Waals surface area contributed by atoms with Crippen LogP contribution in [0.1, 0.15) is 46.5 Å². The van der Waals surface area contributed by atoms with Crippen LogP contribution in [0.15, 0.2) is 23.3 Å². The molecule has 0 unspecified atom stereocenters. The zero-order valence-corrected chi connectivity index (χ0v) is 11.6. The quantitative estimate of drug-likeness (QED) is 0.450. The van der Waals surface area contributed by atoms with Crippen LogP contribution in [0.2, 0.25) is 0 Å². The normalized spacial score (nSPS) is 33.6. The molecular weight excluding hydrogens is 228 g/mol. The number of aliphatic hydroxyl groups is 1. The third-order valence-electron chi connectivity index (χ3n) is 4.76. The highest BCUT2D eigenvalue weighted by molar-refractivity contribution is 5.34. The summed E-state index contributed by atoms with van der Waals surface area (Å²) in [6.07, 6.45) is 3.44. The van der Waals surface area contributed by atoms with E-state index in [2.05, 4.69) is 11.5 Å². The van der Waals surface area contributed by atoms with E-state index in [0.717, 1.165) is 31.3 Å². The van der Waals surface area contributed by atoms with E-state index in [1.165, 1.54) is 11.1 Å². The monoisotopic (exact) mass is 252 g/mol. The van der Waals surface area contributed by atoms with Crippen LogP contribution in [0, 0.1) is 11.8 Å². The van der Waals surface area contributed by atoms with Gasteiger partial charge in [0.15, 0.2) is 0 Å². The Morgan fingerprint density at radius 2 is 2.06 bits per heavy atom. The highest BCUT2D eigenvalue weighted by Crippen LogP contribution is 2.47. The van der Waals surface area contributed by atoms with Crippen molar-refractivity contribution >= 4 is 0 Å². The van der Waals surface area contributed by atoms with Crippen molar-refractivity contribution in [3.8, 4) is 0 Å². The van der Waals surface area contributed by atoms with Crippen LogP contribution in [0.25, 0.3) is 0 Å². The van der Waals surface area contributed by atoms with E-state index in [1.807, 2.05) is 20.8 Å². The molecule has 0 amide bonds. The third kappa shape index (κ3) is 2.40. The van der Waals surface area contributed by atoms with Gasteiger partial charge < -0.3 is 5.11 Å². The third-order valence-corrected chi connectivity index (χ3v) is 4.76. The molecule has 3 nitrogen and oxygen atoms in total. The number of hydrogen-bond acceptors (Lipinski definition) is 3. The fourth-order valence-corrected chi connectivity index (χ4v) is 3.36. The summed E-state index contributed by atoms with van der Waals surface area (Å²) >= 11 is 0. The van der Waals surface area contributed by atoms with Crippen LogP contribution in [0.3, 0.4) is 0 Å². The lowest BCUT2D eigenvalue weighted by molar-refractivity contribution is -0.268. The zero-order valence-electron chi connectivity index (χ0n) is 11.6. The van der Waals surface area contributed by atoms with Gasteiger partial charge in [0.2, 0.25) is 0 Å². The molecular formula is C15H24O3. The minimum absolute atomic E-state index is 0.192. The number of fused-ring (bicyclic) bond motifs is 1. The standard InChI is InChI=1S/C15H24O3/c1-9-5-6-11(15(3,4)16)7-13-10(2)14(18-17)8-12(9)13/h11-12,14,16-17H,1,5-8H2,2-4H3/t11-,12+,14+/m1/s1. The molecule has 0 saturated heterocycles. The Morgan fingerprint density at radius 1 is 1.39 bits per heavy atom. The van der Waals surface area contributed by atoms with Crippen molar-refractivity contribution in [2.75, 3.05) is 0 Å². The largest absolute Gasteiger partial charge is 0.390 e. The summed E-state index contributed by atoms with van der Waals surface area (Å²) < 4.78 is 0. The van der Waals surface area contributed by atoms with Crippen molar-refractivity contribution in [2.24, 2.45) is 11.8 Å². The van der Waals surface area contributed by atoms with Crippen LogP contribution in [-0.2, 0) is 4.89 Å². The van der Waals surface area contributed by atoms with Crippen molar-refractivity contribution < 1.29 is 15.3 Å². The summed E-state index contributed by atoms with van der Waals surface area (Å²) in [6, 6.07) is 0. The van der Waals surface area contributed by atoms with Gasteiger partial charge in [0, 0.05) is 5.92 Å². The second kappa shape index (κ2) is 4.80. The molecule has 3 atom stereocenters. The van der Waals surface area contributed by atoms with Crippen LogP contribution < -0.4 is 0 Å². The van der Waals surface area contributed by atoms with Crippen molar-refractivity contribution in [1.82, 2.24) is 0 Å². The number of hydrogen-bond donors (Lipinski definition) is 2. The lowest BCUT2D eigenvalue weighted by Crippen LogP contribution is -2.30. The Bertz CT molecular complexity index is 376. The van der Waals surface area contributed by atoms with E-state index in [9.17, 15) is 5.11 Å². The van der Waals surface area contributed by atoms with Crippen molar-refractivity contribution in [3.63, 3.8) is 0 Å². The summed E-state index contributed by atoms with van der Waals surface area (Å²) in [4.78, 5) is 4.56. The highest BCUT2D eigenvalue weighted by atomic mass is 17.1. The maximum absolute atomic E-state index is 10.3. The number of rotatable bonds is 2. The Balaban J connectivity index is 2.30. The van der Waals surface area contributed by atoms with Crippen LogP contribution in [0.5, 0.6) is 0 Å². The van der Waals surface area contributed by atoms with Gasteiger partial charge in [0.1, 0.15) is 6.10 Å². The molecule has 0 aromatic rings. The van der Waals surface area contributed by atoms with Gasteiger partial charge in [-0.3, -0.25) is 5.26 Å². The topological polar surface area (TPSA) is 49.7 Å². The molecule has 2 aliphatic rings. The van der Waals surface area contributed by atoms with Crippen LogP contribution in [-0.4, -0.2) is 22.1 Å². The van der Waals surface area contributed by atoms with Gasteiger partial charge in [-0.2, -0.15) is 0 Å². The fraction of sp³-hybridized carbons (Fsp3) is 0.733. The van der Waals surface area contributed by atoms with Gasteiger partial charge in [-0.05, 0) is 57.9 Å². The molecule has 0 bridgehead atoms. The predicted molar refractivity (Wildman–Crippen MR) is 71.1 cm³/mol. The maximum Gasteiger partial charge on any atom is 0.115 e. The molecule has 2 rings (SSSR count). The average Bonchev–Trinajstić information content (AvgIpc) is 2.48. The first kappa shape index (κ1) is 13.8. The van der Waals surface area contributed by atoms with Crippen molar-refractivity contribution in [2.45, 2.75) is 58.2 Å². The summed E-state index contributed by atoms with van der Waals surface area (Å²) in [5.41, 5.74) is 3.00. The minimum Gasteiger partial charge on any atom is -0.390 e. The van der Waals surface area contributed by atoms with E-state index < -0.39 is 5.60 Å². The summed E-state index contributed by atoms with van der Waals surface area (Å²) in [6.45, 7) is 9.97. The van der Waals surface area contributed by atoms with E-state index >= 15 is 0 Å². The molecule has 1 saturated carbocycles. The van der Waals surface area contributed by atoms with E-state index in [4.69, 9.17) is 5.26 Å². The zero-order chi connectivity index (χ0) is 13.5. The van der Waals surface area contributed by atoms with Gasteiger partial charge in [-0.25, -0.2) is 4.89 Å². The van der Waals surface area contributed by atoms with Crippen LogP contribution in [0.4, 0.5) is 0 Å². The van der Waals surface area contributed by atoms with Crippen molar-refractivity contribution in [1.29, 1.82) is 0 Å². The van der Waals surface area contributed by atoms with Gasteiger partial charge in [0.05, 0.1) is 5.60 Å². The van der Waals surface area contributed by atoms with Gasteiger partial charge in [0.25, 0.3) is 0 Å². The molecule has 102 valence electrons. The molecule has 2 aliphatic carbocycles. The maximum atomic E-state index is 10.3. The Hall–Kier alpha value is -0.640. The molecule has 0 aromatic carbocycles. The fourth-order valence-electron chi connectivity index (χ4n) is 3.36. The van der Waals surface area contributed by atoms with Gasteiger partial charge in [-0.15, -0.1) is 0 Å². The van der Waals surface area contributed by atoms with Gasteiger partial charge >= 0.3 is 0 Å². The molecule has 18 heavy (non-hydrogen) atoms. The molecule has 3 heteroatoms. The number of allylic oxidation sites excluding steroid dienone is 2. The second-order valence-corrected chi connectivity index (χ2v) is 6.34. The Labute approximate surface area is 109 Å². The molecule has 2 N–H and O–H groups in total. The lowest BCUT2D eigenvalue weighted by Gasteiger charge is -2.29. The molecule has 0 aromatic heterocycles. The predicted octanol–water partition coefficient (Wildman–Crippen LogP) is 3.31. The molecule has 1 fully saturated rings. The molecule has 0 aliphatic heterocycles. The summed E-state index contributed by atoms with van der Waals surface area (Å²) in [5, 5.41) is 19.2.